The molecule has 0 aliphatic heterocycles. The highest BCUT2D eigenvalue weighted by Crippen LogP contribution is 2.40. The van der Waals surface area contributed by atoms with Crippen LogP contribution in [0.5, 0.6) is 11.5 Å². The van der Waals surface area contributed by atoms with Crippen LogP contribution in [-0.4, -0.2) is 104 Å². The van der Waals surface area contributed by atoms with Gasteiger partial charge in [0.1, 0.15) is 62.7 Å². The third kappa shape index (κ3) is 16.6. The van der Waals surface area contributed by atoms with Crippen molar-refractivity contribution in [2.45, 2.75) is 80.3 Å². The molecule has 0 bridgehead atoms. The molecule has 15 nitrogen and oxygen atoms in total. The molecule has 74 heavy (non-hydrogen) atoms. The fraction of sp³-hybridized carbons (Fsp3) is 0.373. The van der Waals surface area contributed by atoms with E-state index in [-0.39, 0.29) is 93.1 Å². The Hall–Kier alpha value is -7.81. The predicted octanol–water partition coefficient (Wildman–Crippen LogP) is 11.2. The number of benzene rings is 3. The standard InChI is InChI=1S/C59H72N4O11/c1-38(2)36-42(9)62(49-20-24-51(25-21-49)70-32-34-73-58(67)60-28-30-69-44(11)40(5)6)47-16-12-45(13-17-47)53-55(64)54(56(53)65)46-14-18-48(19-15-46)63(43(10)37-39(3)4)50-22-26-52(27-23-50)71-33-35-74-59(68)61-29-31-72-57(66)41(7)8/h12-27,38-39,42-43H,5,7,11,28-37H2,1-4,6,8-10H3,(H2-,60,61,64,65,67,68)/p+1. The number of ketones is 1. The van der Waals surface area contributed by atoms with E-state index in [0.29, 0.717) is 40.2 Å². The summed E-state index contributed by atoms with van der Waals surface area (Å²) in [5, 5.41) is 16.6. The number of rotatable bonds is 27. The summed E-state index contributed by atoms with van der Waals surface area (Å²) in [6.07, 6.45) is 8.33. The van der Waals surface area contributed by atoms with Crippen molar-refractivity contribution < 1.29 is 57.3 Å². The van der Waals surface area contributed by atoms with Crippen LogP contribution in [0.15, 0.2) is 151 Å². The van der Waals surface area contributed by atoms with E-state index >= 15 is 0 Å². The lowest BCUT2D eigenvalue weighted by molar-refractivity contribution is -0.481. The summed E-state index contributed by atoms with van der Waals surface area (Å²) in [5.74, 6) is 1.80. The third-order valence-corrected chi connectivity index (χ3v) is 11.8. The molecular formula is C59H73N4O11+. The van der Waals surface area contributed by atoms with Crippen LogP contribution >= 0.6 is 0 Å². The van der Waals surface area contributed by atoms with Crippen LogP contribution in [0.1, 0.15) is 73.8 Å². The number of carbonyl (C=O) groups is 4. The second-order valence-corrected chi connectivity index (χ2v) is 19.0. The Morgan fingerprint density at radius 3 is 1.59 bits per heavy atom. The molecule has 0 fully saturated rings. The molecule has 0 spiro atoms. The Bertz CT molecular complexity index is 2640. The van der Waals surface area contributed by atoms with Gasteiger partial charge in [-0.25, -0.2) is 14.4 Å². The summed E-state index contributed by atoms with van der Waals surface area (Å²) < 4.78 is 34.7. The number of aliphatic hydroxyl groups is 1. The number of aliphatic hydroxyl groups excluding tert-OH is 1. The van der Waals surface area contributed by atoms with E-state index in [1.165, 1.54) is 0 Å². The highest BCUT2D eigenvalue weighted by atomic mass is 16.6. The van der Waals surface area contributed by atoms with E-state index in [2.05, 4.69) is 81.4 Å². The summed E-state index contributed by atoms with van der Waals surface area (Å²) in [7, 11) is 0. The highest BCUT2D eigenvalue weighted by molar-refractivity contribution is 6.39. The number of carbonyl (C=O) groups excluding carboxylic acids is 4. The number of anilines is 2. The molecule has 3 aromatic carbocycles. The normalized spacial score (nSPS) is 13.7. The van der Waals surface area contributed by atoms with Crippen LogP contribution in [0.3, 0.4) is 0 Å². The van der Waals surface area contributed by atoms with E-state index in [4.69, 9.17) is 28.4 Å². The third-order valence-electron chi connectivity index (χ3n) is 11.8. The van der Waals surface area contributed by atoms with Gasteiger partial charge in [0, 0.05) is 53.7 Å². The number of amides is 2. The first-order valence-electron chi connectivity index (χ1n) is 25.1. The maximum atomic E-state index is 13.8. The van der Waals surface area contributed by atoms with Crippen molar-refractivity contribution >= 4 is 52.3 Å². The van der Waals surface area contributed by atoms with Gasteiger partial charge in [-0.15, -0.1) is 0 Å². The molecule has 3 aromatic rings. The Morgan fingerprint density at radius 2 is 1.11 bits per heavy atom. The second-order valence-electron chi connectivity index (χ2n) is 19.0. The summed E-state index contributed by atoms with van der Waals surface area (Å²) in [5.41, 5.74) is 6.56. The first-order chi connectivity index (χ1) is 35.3. The molecule has 2 unspecified atom stereocenters. The fourth-order valence-electron chi connectivity index (χ4n) is 8.37. The van der Waals surface area contributed by atoms with Crippen molar-refractivity contribution in [2.75, 3.05) is 57.6 Å². The minimum atomic E-state index is -0.646. The van der Waals surface area contributed by atoms with Gasteiger partial charge in [-0.05, 0) is 123 Å². The smallest absolute Gasteiger partial charge is 0.407 e. The SMILES string of the molecule is C=C(C)C(=C)OCCNC(=O)OCCOc1ccc([N+](=C2C=CC(=C3C(=O)C(c4ccc(N(c5ccc(OCCOC(=O)NCCOC(=O)C(=C)C)cc5)C(C)CC(C)C)cc4)=C3O)C=C2)C(C)CC(C)C)cc1. The number of alkyl carbamates (subject to hydrolysis) is 2. The Balaban J connectivity index is 1.21. The van der Waals surface area contributed by atoms with Crippen molar-refractivity contribution in [3.63, 3.8) is 0 Å². The van der Waals surface area contributed by atoms with Gasteiger partial charge in [-0.2, -0.15) is 4.58 Å². The van der Waals surface area contributed by atoms with E-state index in [1.54, 1.807) is 13.8 Å². The number of esters is 1. The van der Waals surface area contributed by atoms with Crippen molar-refractivity contribution in [1.82, 2.24) is 10.6 Å². The monoisotopic (exact) mass is 1010 g/mol. The predicted molar refractivity (Wildman–Crippen MR) is 289 cm³/mol. The van der Waals surface area contributed by atoms with Crippen LogP contribution in [-0.2, 0) is 28.5 Å². The zero-order chi connectivity index (χ0) is 53.9. The van der Waals surface area contributed by atoms with Gasteiger partial charge in [0.05, 0.1) is 24.2 Å². The zero-order valence-electron chi connectivity index (χ0n) is 44.2. The molecule has 0 saturated carbocycles. The number of allylic oxidation sites excluding steroid dienone is 8. The van der Waals surface area contributed by atoms with Crippen molar-refractivity contribution in [3.05, 3.63) is 156 Å². The van der Waals surface area contributed by atoms with E-state index in [1.807, 2.05) is 97.1 Å². The fourth-order valence-corrected chi connectivity index (χ4v) is 8.37. The Labute approximate surface area is 436 Å². The summed E-state index contributed by atoms with van der Waals surface area (Å²) in [4.78, 5) is 51.6. The molecular weight excluding hydrogens is 941 g/mol. The number of nitrogens with one attached hydrogen (secondary N) is 2. The molecule has 2 atom stereocenters. The average Bonchev–Trinajstić information content (AvgIpc) is 3.36. The van der Waals surface area contributed by atoms with Gasteiger partial charge in [-0.1, -0.05) is 59.6 Å². The van der Waals surface area contributed by atoms with Crippen LogP contribution in [0, 0.1) is 11.8 Å². The average molecular weight is 1010 g/mol. The van der Waals surface area contributed by atoms with Crippen LogP contribution < -0.4 is 25.0 Å². The first-order valence-corrected chi connectivity index (χ1v) is 25.1. The van der Waals surface area contributed by atoms with Gasteiger partial charge >= 0.3 is 18.2 Å². The van der Waals surface area contributed by atoms with Gasteiger partial charge in [0.25, 0.3) is 0 Å². The summed E-state index contributed by atoms with van der Waals surface area (Å²) in [6.45, 7) is 28.5. The maximum Gasteiger partial charge on any atom is 0.407 e. The molecule has 394 valence electrons. The first kappa shape index (κ1) is 57.1. The topological polar surface area (TPSA) is 174 Å². The molecule has 0 radical (unpaired) electrons. The molecule has 0 saturated heterocycles. The van der Waals surface area contributed by atoms with Gasteiger partial charge in [-0.3, -0.25) is 4.79 Å². The second kappa shape index (κ2) is 27.9. The quantitative estimate of drug-likeness (QED) is 0.0126. The molecule has 15 heteroatoms. The minimum absolute atomic E-state index is 0.00612. The number of nitrogens with zero attached hydrogens (tertiary/aromatic N) is 2. The number of hydrogen-bond donors (Lipinski definition) is 3. The van der Waals surface area contributed by atoms with E-state index in [9.17, 15) is 24.3 Å². The number of hydrogen-bond acceptors (Lipinski definition) is 12. The summed E-state index contributed by atoms with van der Waals surface area (Å²) in [6, 6.07) is 23.3. The number of Topliss-reactive ketones (excluding diaryl/α,β-unsaturated/α-hetero) is 1. The lowest BCUT2D eigenvalue weighted by Crippen LogP contribution is -2.30. The largest absolute Gasteiger partial charge is 0.506 e. The van der Waals surface area contributed by atoms with Crippen molar-refractivity contribution in [2.24, 2.45) is 11.8 Å². The van der Waals surface area contributed by atoms with E-state index < -0.39 is 18.2 Å². The molecule has 0 heterocycles. The van der Waals surface area contributed by atoms with Gasteiger partial charge in [0.15, 0.2) is 6.04 Å². The maximum absolute atomic E-state index is 13.8. The molecule has 2 aliphatic rings. The molecule has 3 N–H and O–H groups in total. The lowest BCUT2D eigenvalue weighted by Gasteiger charge is -2.33. The van der Waals surface area contributed by atoms with Crippen LogP contribution in [0.25, 0.3) is 5.57 Å². The van der Waals surface area contributed by atoms with Gasteiger partial charge in [0.2, 0.25) is 17.2 Å². The molecule has 2 aliphatic carbocycles. The Morgan fingerprint density at radius 1 is 0.608 bits per heavy atom. The minimum Gasteiger partial charge on any atom is -0.506 e. The highest BCUT2D eigenvalue weighted by Gasteiger charge is 2.37. The van der Waals surface area contributed by atoms with Crippen molar-refractivity contribution in [3.8, 4) is 11.5 Å². The van der Waals surface area contributed by atoms with Crippen LogP contribution in [0.4, 0.5) is 26.7 Å². The van der Waals surface area contributed by atoms with Crippen molar-refractivity contribution in [1.29, 1.82) is 0 Å². The molecule has 0 aromatic heterocycles. The van der Waals surface area contributed by atoms with E-state index in [0.717, 1.165) is 41.2 Å². The Kier molecular flexibility index (Phi) is 21.5. The lowest BCUT2D eigenvalue weighted by atomic mass is 9.80. The molecule has 2 amide bonds. The summed E-state index contributed by atoms with van der Waals surface area (Å²) >= 11 is 0. The molecule has 5 rings (SSSR count). The van der Waals surface area contributed by atoms with Crippen LogP contribution in [0.2, 0.25) is 0 Å². The van der Waals surface area contributed by atoms with Gasteiger partial charge < -0.3 is 49.1 Å². The number of ether oxygens (including phenoxy) is 6. The zero-order valence-corrected chi connectivity index (χ0v) is 44.2.